The van der Waals surface area contributed by atoms with Crippen molar-refractivity contribution < 1.29 is 33.3 Å². The highest BCUT2D eigenvalue weighted by atomic mass is 16.8. The molecule has 0 aromatic rings. The normalized spacial score (nSPS) is 35.6. The third kappa shape index (κ3) is 3.65. The van der Waals surface area contributed by atoms with Gasteiger partial charge in [-0.25, -0.2) is 9.59 Å². The van der Waals surface area contributed by atoms with Gasteiger partial charge in [-0.3, -0.25) is 0 Å². The van der Waals surface area contributed by atoms with Gasteiger partial charge in [0.25, 0.3) is 0 Å². The van der Waals surface area contributed by atoms with E-state index in [2.05, 4.69) is 6.58 Å². The van der Waals surface area contributed by atoms with E-state index in [1.54, 1.807) is 32.1 Å². The minimum absolute atomic E-state index is 0.532. The highest BCUT2D eigenvalue weighted by molar-refractivity contribution is 5.87. The molecule has 5 atom stereocenters. The molecule has 3 rings (SSSR count). The lowest BCUT2D eigenvalue weighted by atomic mass is 10.1. The third-order valence-corrected chi connectivity index (χ3v) is 4.13. The van der Waals surface area contributed by atoms with E-state index in [9.17, 15) is 9.59 Å². The number of esters is 2. The summed E-state index contributed by atoms with van der Waals surface area (Å²) in [5.74, 6) is -2.14. The number of hydrogen-bond acceptors (Lipinski definition) is 7. The average Bonchev–Trinajstić information content (AvgIpc) is 3.13. The van der Waals surface area contributed by atoms with Gasteiger partial charge in [-0.1, -0.05) is 30.9 Å². The first-order valence-corrected chi connectivity index (χ1v) is 8.40. The largest absolute Gasteiger partial charge is 0.454 e. The maximum atomic E-state index is 12.1. The molecule has 0 bridgehead atoms. The van der Waals surface area contributed by atoms with Gasteiger partial charge in [-0.2, -0.15) is 0 Å². The van der Waals surface area contributed by atoms with Crippen molar-refractivity contribution in [2.75, 3.05) is 0 Å². The Morgan fingerprint density at radius 2 is 1.92 bits per heavy atom. The highest BCUT2D eigenvalue weighted by Gasteiger charge is 2.64. The van der Waals surface area contributed by atoms with Gasteiger partial charge in [-0.05, 0) is 32.4 Å². The summed E-state index contributed by atoms with van der Waals surface area (Å²) >= 11 is 0. The molecule has 7 heteroatoms. The van der Waals surface area contributed by atoms with Crippen LogP contribution in [0.25, 0.3) is 0 Å². The Labute approximate surface area is 151 Å². The van der Waals surface area contributed by atoms with Crippen LogP contribution in [-0.4, -0.2) is 48.4 Å². The molecule has 5 unspecified atom stereocenters. The summed E-state index contributed by atoms with van der Waals surface area (Å²) in [5.41, 5.74) is 0.766. The van der Waals surface area contributed by atoms with E-state index in [0.29, 0.717) is 0 Å². The Morgan fingerprint density at radius 1 is 1.15 bits per heavy atom. The van der Waals surface area contributed by atoms with Gasteiger partial charge < -0.3 is 23.7 Å². The molecule has 3 heterocycles. The molecule has 0 saturated carbocycles. The van der Waals surface area contributed by atoms with Crippen molar-refractivity contribution in [1.29, 1.82) is 0 Å². The second kappa shape index (κ2) is 7.19. The van der Waals surface area contributed by atoms with Crippen LogP contribution in [0.3, 0.4) is 0 Å². The summed E-state index contributed by atoms with van der Waals surface area (Å²) in [6.07, 6.45) is 6.06. The predicted molar refractivity (Wildman–Crippen MR) is 90.7 cm³/mol. The number of carbonyl (C=O) groups excluding carboxylic acids is 2. The van der Waals surface area contributed by atoms with E-state index >= 15 is 0 Å². The molecule has 0 spiro atoms. The van der Waals surface area contributed by atoms with Crippen LogP contribution in [0.15, 0.2) is 48.6 Å². The molecular weight excluding hydrogens is 340 g/mol. The Bertz CT molecular complexity index is 688. The lowest BCUT2D eigenvalue weighted by molar-refractivity contribution is -0.216. The first-order chi connectivity index (χ1) is 12.3. The van der Waals surface area contributed by atoms with Crippen LogP contribution in [0.2, 0.25) is 0 Å². The summed E-state index contributed by atoms with van der Waals surface area (Å²) in [7, 11) is 0. The molecule has 3 fully saturated rings. The summed E-state index contributed by atoms with van der Waals surface area (Å²) < 4.78 is 27.6. The van der Waals surface area contributed by atoms with Crippen LogP contribution >= 0.6 is 0 Å². The second-order valence-corrected chi connectivity index (χ2v) is 6.56. The van der Waals surface area contributed by atoms with Gasteiger partial charge >= 0.3 is 11.9 Å². The number of fused-ring (bicyclic) bond motifs is 3. The first-order valence-electron chi connectivity index (χ1n) is 8.40. The quantitative estimate of drug-likeness (QED) is 0.420. The Balaban J connectivity index is 1.64. The number of carbonyl (C=O) groups is 2. The summed E-state index contributed by atoms with van der Waals surface area (Å²) in [6, 6.07) is 0. The van der Waals surface area contributed by atoms with Crippen LogP contribution < -0.4 is 0 Å². The van der Waals surface area contributed by atoms with E-state index in [1.807, 2.05) is 19.1 Å². The van der Waals surface area contributed by atoms with Crippen molar-refractivity contribution in [3.8, 4) is 0 Å². The smallest absolute Gasteiger partial charge is 0.350 e. The predicted octanol–water partition coefficient (Wildman–Crippen LogP) is 1.94. The van der Waals surface area contributed by atoms with Crippen LogP contribution in [0.1, 0.15) is 20.8 Å². The second-order valence-electron chi connectivity index (χ2n) is 6.56. The summed E-state index contributed by atoms with van der Waals surface area (Å²) in [6.45, 7) is 8.98. The standard InChI is InChI=1S/C19H22O7/c1-5-7-11(8-6-2)9-10-12(20)22-15-13-14(23-17(15)21)16-18(24-13)26-19(3,4)25-16/h5-10,13-16,18H,1H2,2-4H3/b8-6-,10-9+,11-7+. The fraction of sp³-hybridized carbons (Fsp3) is 0.474. The molecule has 0 N–H and O–H groups in total. The first kappa shape index (κ1) is 18.6. The number of rotatable bonds is 5. The topological polar surface area (TPSA) is 80.3 Å². The molecule has 140 valence electrons. The minimum Gasteiger partial charge on any atom is -0.454 e. The SMILES string of the molecule is C=C/C=C(\C=C/C)/C=C/C(=O)OC1C(=O)OC2C3OC(C)(C)OC3OC12. The van der Waals surface area contributed by atoms with Crippen LogP contribution in [-0.2, 0) is 33.3 Å². The molecular formula is C19H22O7. The van der Waals surface area contributed by atoms with E-state index in [1.165, 1.54) is 6.08 Å². The number of hydrogen-bond donors (Lipinski definition) is 0. The molecule has 3 aliphatic rings. The van der Waals surface area contributed by atoms with Crippen molar-refractivity contribution in [2.45, 2.75) is 57.3 Å². The summed E-state index contributed by atoms with van der Waals surface area (Å²) in [4.78, 5) is 24.2. The minimum atomic E-state index is -1.15. The average molecular weight is 362 g/mol. The van der Waals surface area contributed by atoms with Gasteiger partial charge in [0.1, 0.15) is 6.10 Å². The number of allylic oxidation sites excluding steroid dienone is 6. The van der Waals surface area contributed by atoms with Gasteiger partial charge in [-0.15, -0.1) is 0 Å². The fourth-order valence-electron chi connectivity index (χ4n) is 3.16. The fourth-order valence-corrected chi connectivity index (χ4v) is 3.16. The zero-order valence-corrected chi connectivity index (χ0v) is 14.9. The van der Waals surface area contributed by atoms with Crippen molar-refractivity contribution >= 4 is 11.9 Å². The zero-order valence-electron chi connectivity index (χ0n) is 14.9. The van der Waals surface area contributed by atoms with Gasteiger partial charge in [0.15, 0.2) is 24.3 Å². The maximum absolute atomic E-state index is 12.1. The van der Waals surface area contributed by atoms with E-state index in [-0.39, 0.29) is 0 Å². The van der Waals surface area contributed by atoms with Crippen LogP contribution in [0, 0.1) is 0 Å². The molecule has 0 amide bonds. The van der Waals surface area contributed by atoms with Crippen LogP contribution in [0.5, 0.6) is 0 Å². The maximum Gasteiger partial charge on any atom is 0.350 e. The lowest BCUT2D eigenvalue weighted by Gasteiger charge is -2.21. The molecule has 0 aromatic carbocycles. The van der Waals surface area contributed by atoms with Crippen LogP contribution in [0.4, 0.5) is 0 Å². The monoisotopic (exact) mass is 362 g/mol. The Hall–Kier alpha value is -2.22. The van der Waals surface area contributed by atoms with Gasteiger partial charge in [0.05, 0.1) is 0 Å². The van der Waals surface area contributed by atoms with E-state index in [4.69, 9.17) is 23.7 Å². The molecule has 0 aliphatic carbocycles. The molecule has 0 radical (unpaired) electrons. The van der Waals surface area contributed by atoms with E-state index in [0.717, 1.165) is 5.57 Å². The molecule has 3 aliphatic heterocycles. The van der Waals surface area contributed by atoms with Crippen molar-refractivity contribution in [1.82, 2.24) is 0 Å². The zero-order chi connectivity index (χ0) is 18.9. The molecule has 7 nitrogen and oxygen atoms in total. The Kier molecular flexibility index (Phi) is 5.13. The van der Waals surface area contributed by atoms with Crippen molar-refractivity contribution in [3.63, 3.8) is 0 Å². The third-order valence-electron chi connectivity index (χ3n) is 4.13. The lowest BCUT2D eigenvalue weighted by Crippen LogP contribution is -2.37. The van der Waals surface area contributed by atoms with Gasteiger partial charge in [0.2, 0.25) is 6.10 Å². The number of ether oxygens (including phenoxy) is 5. The Morgan fingerprint density at radius 3 is 2.62 bits per heavy atom. The van der Waals surface area contributed by atoms with Crippen molar-refractivity contribution in [3.05, 3.63) is 48.6 Å². The van der Waals surface area contributed by atoms with E-state index < -0.39 is 48.4 Å². The molecule has 26 heavy (non-hydrogen) atoms. The van der Waals surface area contributed by atoms with Gasteiger partial charge in [0, 0.05) is 6.08 Å². The summed E-state index contributed by atoms with van der Waals surface area (Å²) in [5, 5.41) is 0. The molecule has 0 aromatic heterocycles. The molecule has 3 saturated heterocycles. The highest BCUT2D eigenvalue weighted by Crippen LogP contribution is 2.42. The van der Waals surface area contributed by atoms with Crippen molar-refractivity contribution in [2.24, 2.45) is 0 Å².